The molecule has 0 heterocycles. The zero-order valence-electron chi connectivity index (χ0n) is 10.2. The van der Waals surface area contributed by atoms with Gasteiger partial charge < -0.3 is 14.8 Å². The molecule has 1 N–H and O–H groups in total. The number of esters is 1. The van der Waals surface area contributed by atoms with Crippen LogP contribution in [-0.2, 0) is 14.3 Å². The Hall–Kier alpha value is -1.11. The van der Waals surface area contributed by atoms with Crippen LogP contribution in [-0.4, -0.2) is 38.7 Å². The second kappa shape index (κ2) is 8.14. The lowest BCUT2D eigenvalue weighted by atomic mass is 10.2. The van der Waals surface area contributed by atoms with Gasteiger partial charge in [-0.3, -0.25) is 4.79 Å². The van der Waals surface area contributed by atoms with Gasteiger partial charge in [0.25, 0.3) is 5.91 Å². The third-order valence-corrected chi connectivity index (χ3v) is 2.93. The predicted octanol–water partition coefficient (Wildman–Crippen LogP) is 2.02. The fourth-order valence-corrected chi connectivity index (χ4v) is 1.76. The van der Waals surface area contributed by atoms with E-state index in [1.165, 1.54) is 13.2 Å². The number of carbonyl (C=O) groups excluding carboxylic acids is 2. The highest BCUT2D eigenvalue weighted by Crippen LogP contribution is 2.21. The van der Waals surface area contributed by atoms with E-state index in [9.17, 15) is 9.59 Å². The van der Waals surface area contributed by atoms with Crippen LogP contribution in [0, 0.1) is 0 Å². The largest absolute Gasteiger partial charge is 0.452 e. The van der Waals surface area contributed by atoms with Gasteiger partial charge in [0, 0.05) is 18.1 Å². The molecular formula is C12H13BrClNO4. The van der Waals surface area contributed by atoms with Gasteiger partial charge >= 0.3 is 5.97 Å². The summed E-state index contributed by atoms with van der Waals surface area (Å²) in [6, 6.07) is 4.81. The highest BCUT2D eigenvalue weighted by Gasteiger charge is 2.14. The number of benzene rings is 1. The molecule has 7 heteroatoms. The summed E-state index contributed by atoms with van der Waals surface area (Å²) in [6.45, 7) is 0.410. The summed E-state index contributed by atoms with van der Waals surface area (Å²) in [5.74, 6) is -1.04. The molecule has 1 amide bonds. The highest BCUT2D eigenvalue weighted by molar-refractivity contribution is 9.10. The van der Waals surface area contributed by atoms with E-state index in [1.54, 1.807) is 12.1 Å². The summed E-state index contributed by atoms with van der Waals surface area (Å²) in [4.78, 5) is 23.0. The Morgan fingerprint density at radius 2 is 2.16 bits per heavy atom. The van der Waals surface area contributed by atoms with Crippen LogP contribution >= 0.6 is 27.5 Å². The van der Waals surface area contributed by atoms with Gasteiger partial charge in [0.2, 0.25) is 0 Å². The molecule has 0 spiro atoms. The molecule has 0 fully saturated rings. The first-order chi connectivity index (χ1) is 9.04. The van der Waals surface area contributed by atoms with Crippen molar-refractivity contribution >= 4 is 39.4 Å². The van der Waals surface area contributed by atoms with Crippen LogP contribution in [0.2, 0.25) is 5.02 Å². The summed E-state index contributed by atoms with van der Waals surface area (Å²) in [5.41, 5.74) is 0.209. The van der Waals surface area contributed by atoms with Crippen LogP contribution in [0.1, 0.15) is 10.4 Å². The number of carbonyl (C=O) groups is 2. The van der Waals surface area contributed by atoms with Gasteiger partial charge in [-0.05, 0) is 18.2 Å². The Balaban J connectivity index is 2.47. The zero-order valence-corrected chi connectivity index (χ0v) is 12.6. The molecule has 104 valence electrons. The van der Waals surface area contributed by atoms with Gasteiger partial charge in [-0.1, -0.05) is 27.5 Å². The summed E-state index contributed by atoms with van der Waals surface area (Å²) in [7, 11) is 1.53. The first kappa shape index (κ1) is 15.9. The Labute approximate surface area is 124 Å². The SMILES string of the molecule is COCCNC(=O)COC(=O)c1cc(Br)ccc1Cl. The molecule has 0 bridgehead atoms. The molecule has 0 radical (unpaired) electrons. The van der Waals surface area contributed by atoms with Gasteiger partial charge in [0.15, 0.2) is 6.61 Å². The van der Waals surface area contributed by atoms with Crippen LogP contribution in [0.3, 0.4) is 0 Å². The number of ether oxygens (including phenoxy) is 2. The molecule has 0 aliphatic carbocycles. The molecule has 0 saturated heterocycles. The maximum Gasteiger partial charge on any atom is 0.340 e. The lowest BCUT2D eigenvalue weighted by Crippen LogP contribution is -2.31. The highest BCUT2D eigenvalue weighted by atomic mass is 79.9. The van der Waals surface area contributed by atoms with Crippen molar-refractivity contribution in [2.24, 2.45) is 0 Å². The maximum absolute atomic E-state index is 11.7. The summed E-state index contributed by atoms with van der Waals surface area (Å²) in [6.07, 6.45) is 0. The fraction of sp³-hybridized carbons (Fsp3) is 0.333. The van der Waals surface area contributed by atoms with Crippen LogP contribution in [0.25, 0.3) is 0 Å². The van der Waals surface area contributed by atoms with Gasteiger partial charge in [-0.2, -0.15) is 0 Å². The Kier molecular flexibility index (Phi) is 6.83. The Morgan fingerprint density at radius 1 is 1.42 bits per heavy atom. The number of halogens is 2. The van der Waals surface area contributed by atoms with E-state index in [4.69, 9.17) is 21.1 Å². The van der Waals surface area contributed by atoms with E-state index < -0.39 is 11.9 Å². The Morgan fingerprint density at radius 3 is 2.84 bits per heavy atom. The van der Waals surface area contributed by atoms with Crippen LogP contribution in [0.15, 0.2) is 22.7 Å². The number of hydrogen-bond acceptors (Lipinski definition) is 4. The molecule has 0 aliphatic heterocycles. The second-order valence-corrected chi connectivity index (χ2v) is 4.87. The van der Waals surface area contributed by atoms with Gasteiger partial charge in [-0.15, -0.1) is 0 Å². The van der Waals surface area contributed by atoms with E-state index in [2.05, 4.69) is 21.2 Å². The molecule has 0 aliphatic rings. The topological polar surface area (TPSA) is 64.6 Å². The van der Waals surface area contributed by atoms with E-state index in [1.807, 2.05) is 0 Å². The first-order valence-electron chi connectivity index (χ1n) is 5.42. The average molecular weight is 351 g/mol. The Bertz CT molecular complexity index is 467. The lowest BCUT2D eigenvalue weighted by molar-refractivity contribution is -0.124. The summed E-state index contributed by atoms with van der Waals surface area (Å²) >= 11 is 9.10. The van der Waals surface area contributed by atoms with E-state index in [-0.39, 0.29) is 17.2 Å². The zero-order chi connectivity index (χ0) is 14.3. The first-order valence-corrected chi connectivity index (χ1v) is 6.59. The minimum atomic E-state index is -0.645. The molecule has 0 aromatic heterocycles. The fourth-order valence-electron chi connectivity index (χ4n) is 1.21. The van der Waals surface area contributed by atoms with Crippen LogP contribution < -0.4 is 5.32 Å². The van der Waals surface area contributed by atoms with Crippen molar-refractivity contribution in [2.45, 2.75) is 0 Å². The van der Waals surface area contributed by atoms with Crippen molar-refractivity contribution in [1.29, 1.82) is 0 Å². The monoisotopic (exact) mass is 349 g/mol. The summed E-state index contributed by atoms with van der Waals surface area (Å²) < 4.78 is 10.3. The van der Waals surface area contributed by atoms with Crippen molar-refractivity contribution in [3.63, 3.8) is 0 Å². The van der Waals surface area contributed by atoms with Crippen molar-refractivity contribution < 1.29 is 19.1 Å². The molecule has 1 aromatic rings. The van der Waals surface area contributed by atoms with E-state index in [0.717, 1.165) is 0 Å². The minimum absolute atomic E-state index is 0.209. The molecule has 1 aromatic carbocycles. The predicted molar refractivity (Wildman–Crippen MR) is 74.3 cm³/mol. The number of hydrogen-bond donors (Lipinski definition) is 1. The quantitative estimate of drug-likeness (QED) is 0.630. The van der Waals surface area contributed by atoms with Crippen LogP contribution in [0.4, 0.5) is 0 Å². The molecule has 19 heavy (non-hydrogen) atoms. The number of methoxy groups -OCH3 is 1. The third-order valence-electron chi connectivity index (χ3n) is 2.11. The maximum atomic E-state index is 11.7. The molecular weight excluding hydrogens is 337 g/mol. The smallest absolute Gasteiger partial charge is 0.340 e. The second-order valence-electron chi connectivity index (χ2n) is 3.54. The molecule has 0 saturated carbocycles. The van der Waals surface area contributed by atoms with E-state index in [0.29, 0.717) is 17.6 Å². The number of nitrogens with one attached hydrogen (secondary N) is 1. The third kappa shape index (κ3) is 5.59. The molecule has 0 unspecified atom stereocenters. The van der Waals surface area contributed by atoms with Crippen molar-refractivity contribution in [2.75, 3.05) is 26.9 Å². The number of rotatable bonds is 6. The van der Waals surface area contributed by atoms with Crippen LogP contribution in [0.5, 0.6) is 0 Å². The van der Waals surface area contributed by atoms with Crippen molar-refractivity contribution in [1.82, 2.24) is 5.32 Å². The molecule has 0 atom stereocenters. The normalized spacial score (nSPS) is 10.1. The van der Waals surface area contributed by atoms with Crippen molar-refractivity contribution in [3.05, 3.63) is 33.3 Å². The van der Waals surface area contributed by atoms with Gasteiger partial charge in [0.05, 0.1) is 17.2 Å². The average Bonchev–Trinajstić information content (AvgIpc) is 2.39. The lowest BCUT2D eigenvalue weighted by Gasteiger charge is -2.07. The van der Waals surface area contributed by atoms with Gasteiger partial charge in [-0.25, -0.2) is 4.79 Å². The standard InChI is InChI=1S/C12H13BrClNO4/c1-18-5-4-15-11(16)7-19-12(17)9-6-8(13)2-3-10(9)14/h2-3,6H,4-5,7H2,1H3,(H,15,16). The summed E-state index contributed by atoms with van der Waals surface area (Å²) in [5, 5.41) is 2.80. The molecule has 1 rings (SSSR count). The van der Waals surface area contributed by atoms with E-state index >= 15 is 0 Å². The minimum Gasteiger partial charge on any atom is -0.452 e. The van der Waals surface area contributed by atoms with Crippen molar-refractivity contribution in [3.8, 4) is 0 Å². The van der Waals surface area contributed by atoms with Gasteiger partial charge in [0.1, 0.15) is 0 Å². The molecule has 5 nitrogen and oxygen atoms in total. The number of amides is 1.